The molecule has 0 N–H and O–H groups in total. The molecule has 106 heavy (non-hydrogen) atoms. The first kappa shape index (κ1) is 62.4. The fraction of sp³-hybridized carbons (Fsp3) is 0.0490. The maximum atomic E-state index is 5.14. The van der Waals surface area contributed by atoms with Crippen LogP contribution >= 0.6 is 0 Å². The second-order valence-corrected chi connectivity index (χ2v) is 28.8. The topological polar surface area (TPSA) is 43.6 Å². The Balaban J connectivity index is 0.795. The minimum absolute atomic E-state index is 0.145. The highest BCUT2D eigenvalue weighted by Crippen LogP contribution is 2.58. The van der Waals surface area contributed by atoms with Crippen LogP contribution in [0.4, 0.5) is 0 Å². The van der Waals surface area contributed by atoms with E-state index in [1.807, 2.05) is 36.4 Å². The lowest BCUT2D eigenvalue weighted by Crippen LogP contribution is -2.19. The van der Waals surface area contributed by atoms with Crippen molar-refractivity contribution in [3.8, 4) is 129 Å². The number of fused-ring (bicyclic) bond motifs is 12. The summed E-state index contributed by atoms with van der Waals surface area (Å²) >= 11 is 0. The third-order valence-corrected chi connectivity index (χ3v) is 22.5. The second-order valence-electron chi connectivity index (χ2n) is 28.8. The molecule has 0 aliphatic heterocycles. The first-order valence-corrected chi connectivity index (χ1v) is 36.8. The van der Waals surface area contributed by atoms with Gasteiger partial charge in [-0.15, -0.1) is 0 Å². The second kappa shape index (κ2) is 25.5. The molecule has 0 fully saturated rings. The highest BCUT2D eigenvalue weighted by Gasteiger charge is 2.44. The molecular weight excluding hydrogens is 1280 g/mol. The Kier molecular flexibility index (Phi) is 15.0. The van der Waals surface area contributed by atoms with Gasteiger partial charge in [0.1, 0.15) is 0 Å². The summed E-state index contributed by atoms with van der Waals surface area (Å²) in [5, 5.41) is 8.97. The summed E-state index contributed by atoms with van der Waals surface area (Å²) in [5.41, 5.74) is 30.2. The molecule has 2 aromatic heterocycles. The molecule has 4 heteroatoms. The molecule has 16 aromatic carbocycles. The largest absolute Gasteiger partial charge is 0.310 e. The number of aromatic nitrogens is 4. The molecule has 18 aromatic rings. The third-order valence-electron chi connectivity index (χ3n) is 22.5. The molecule has 0 radical (unpaired) electrons. The number of benzene rings is 16. The van der Waals surface area contributed by atoms with Crippen LogP contribution in [0.5, 0.6) is 0 Å². The van der Waals surface area contributed by atoms with E-state index in [2.05, 4.69) is 352 Å². The van der Waals surface area contributed by atoms with Crippen molar-refractivity contribution in [2.75, 3.05) is 0 Å². The van der Waals surface area contributed by atoms with E-state index >= 15 is 0 Å². The number of rotatable bonds is 12. The molecule has 1 unspecified atom stereocenters. The van der Waals surface area contributed by atoms with Gasteiger partial charge in [-0.3, -0.25) is 0 Å². The van der Waals surface area contributed by atoms with Crippen molar-refractivity contribution in [1.82, 2.24) is 19.5 Å². The van der Waals surface area contributed by atoms with Crippen molar-refractivity contribution >= 4 is 49.3 Å². The summed E-state index contributed by atoms with van der Waals surface area (Å²) in [6.45, 7) is 4.86. The molecule has 4 nitrogen and oxygen atoms in total. The minimum Gasteiger partial charge on any atom is -0.310 e. The van der Waals surface area contributed by atoms with Crippen LogP contribution in [0.1, 0.15) is 42.1 Å². The van der Waals surface area contributed by atoms with Gasteiger partial charge in [0, 0.05) is 39.1 Å². The first-order valence-electron chi connectivity index (χ1n) is 36.8. The predicted molar refractivity (Wildman–Crippen MR) is 443 cm³/mol. The predicted octanol–water partition coefficient (Wildman–Crippen LogP) is 26.6. The first-order chi connectivity index (χ1) is 52.3. The summed E-state index contributed by atoms with van der Waals surface area (Å²) in [4.78, 5) is 15.3. The Bertz CT molecular complexity index is 6410. The Labute approximate surface area is 617 Å². The summed E-state index contributed by atoms with van der Waals surface area (Å²) in [6, 6.07) is 134. The quantitative estimate of drug-likeness (QED) is 0.115. The fourth-order valence-electron chi connectivity index (χ4n) is 17.6. The Morgan fingerprint density at radius 2 is 0.613 bits per heavy atom. The maximum absolute atomic E-state index is 5.14. The van der Waals surface area contributed by atoms with Gasteiger partial charge < -0.3 is 4.57 Å². The average Bonchev–Trinajstić information content (AvgIpc) is 1.19. The van der Waals surface area contributed by atoms with Crippen molar-refractivity contribution in [3.63, 3.8) is 0 Å². The molecule has 1 atom stereocenters. The van der Waals surface area contributed by atoms with Crippen LogP contribution in [0.15, 0.2) is 370 Å². The van der Waals surface area contributed by atoms with Crippen LogP contribution in [0.3, 0.4) is 0 Å². The number of hydrogen-bond donors (Lipinski definition) is 0. The molecule has 2 heterocycles. The minimum atomic E-state index is -0.145. The van der Waals surface area contributed by atoms with E-state index in [4.69, 9.17) is 15.0 Å². The molecule has 2 aliphatic rings. The van der Waals surface area contributed by atoms with Crippen molar-refractivity contribution < 1.29 is 0 Å². The van der Waals surface area contributed by atoms with Crippen LogP contribution in [-0.2, 0) is 11.8 Å². The summed E-state index contributed by atoms with van der Waals surface area (Å²) < 4.78 is 2.57. The number of hydrogen-bond acceptors (Lipinski definition) is 3. The van der Waals surface area contributed by atoms with E-state index in [1.165, 1.54) is 93.4 Å². The molecular formula is C102H70N4. The number of nitrogens with zero attached hydrogens (tertiary/aromatic N) is 4. The molecule has 0 saturated heterocycles. The lowest BCUT2D eigenvalue weighted by molar-refractivity contribution is 0.613. The van der Waals surface area contributed by atoms with Gasteiger partial charge in [0.25, 0.3) is 0 Å². The van der Waals surface area contributed by atoms with Crippen LogP contribution in [-0.4, -0.2) is 19.5 Å². The summed E-state index contributed by atoms with van der Waals surface area (Å²) in [7, 11) is 0. The lowest BCUT2D eigenvalue weighted by atomic mass is 9.74. The zero-order valence-corrected chi connectivity index (χ0v) is 58.8. The van der Waals surface area contributed by atoms with Crippen LogP contribution < -0.4 is 0 Å². The van der Waals surface area contributed by atoms with Gasteiger partial charge in [0.15, 0.2) is 17.5 Å². The van der Waals surface area contributed by atoms with Gasteiger partial charge in [-0.25, -0.2) is 15.0 Å². The molecule has 0 spiro atoms. The van der Waals surface area contributed by atoms with Gasteiger partial charge in [-0.2, -0.15) is 0 Å². The summed E-state index contributed by atoms with van der Waals surface area (Å²) in [6.07, 6.45) is 3.49. The van der Waals surface area contributed by atoms with Gasteiger partial charge >= 0.3 is 0 Å². The summed E-state index contributed by atoms with van der Waals surface area (Å²) in [5.74, 6) is 2.15. The van der Waals surface area contributed by atoms with E-state index in [9.17, 15) is 0 Å². The fourth-order valence-corrected chi connectivity index (χ4v) is 17.6. The van der Waals surface area contributed by atoms with Gasteiger partial charge in [0.2, 0.25) is 0 Å². The van der Waals surface area contributed by atoms with E-state index in [0.717, 1.165) is 95.6 Å². The zero-order chi connectivity index (χ0) is 70.4. The Hall–Kier alpha value is -13.4. The van der Waals surface area contributed by atoms with Crippen LogP contribution in [0.25, 0.3) is 178 Å². The van der Waals surface area contributed by atoms with E-state index in [0.29, 0.717) is 17.5 Å². The van der Waals surface area contributed by atoms with Crippen molar-refractivity contribution in [2.24, 2.45) is 0 Å². The van der Waals surface area contributed by atoms with Gasteiger partial charge in [-0.05, 0) is 187 Å². The van der Waals surface area contributed by atoms with Gasteiger partial charge in [0.05, 0.1) is 11.2 Å². The zero-order valence-electron chi connectivity index (χ0n) is 58.8. The molecule has 0 amide bonds. The molecule has 2 aliphatic carbocycles. The average molecular weight is 1350 g/mol. The third kappa shape index (κ3) is 10.5. The molecule has 0 saturated carbocycles. The molecule has 20 rings (SSSR count). The monoisotopic (exact) mass is 1350 g/mol. The molecule has 0 bridgehead atoms. The van der Waals surface area contributed by atoms with Crippen LogP contribution in [0.2, 0.25) is 0 Å². The normalized spacial score (nSPS) is 13.6. The smallest absolute Gasteiger partial charge is 0.164 e. The van der Waals surface area contributed by atoms with Crippen molar-refractivity contribution in [2.45, 2.75) is 31.6 Å². The van der Waals surface area contributed by atoms with E-state index in [-0.39, 0.29) is 11.3 Å². The SMILES string of the molecule is CC1(C)C2=Cc3c(c4cc(-c5ccc6c7ccccc7c7ccccc7c6c5)ccc4n3-c3ccc(-c4c(-c5ccccc5)c(-c5ccccc5)c(-c5ccccc5)c(-c5ccccc5)c4-c4ccc(-c5cccc(-c6nc(-c7ccccc7)nc(-c7ccccc7)n6)c5)cc4)cc3)CC2c2ccccc21. The van der Waals surface area contributed by atoms with E-state index in [1.54, 1.807) is 0 Å². The van der Waals surface area contributed by atoms with Crippen molar-refractivity contribution in [3.05, 3.63) is 392 Å². The maximum Gasteiger partial charge on any atom is 0.164 e. The standard InChI is InChI=1S/C102H70N4/c1-102(2)89-47-26-25-46-84(89)86-63-88-87-62-76(75-54-58-83-81-44-22-21-42-79(81)80-43-23-24-45-82(80)85(83)61-75)55-59-91(87)106(92(88)64-90(86)102)78-56-52-71(53-57-78)98-96(69-34-15-6-16-35-69)94(67-30-11-4-12-31-67)93(66-28-9-3-10-29-66)95(68-32-13-5-14-33-68)97(98)70-50-48-65(49-51-70)74-40-27-41-77(60-74)101-104-99(72-36-17-7-18-37-72)103-100(105-101)73-38-19-8-20-39-73/h3-62,64,86H,63H2,1-2H3. The Morgan fingerprint density at radius 3 is 1.10 bits per heavy atom. The highest BCUT2D eigenvalue weighted by molar-refractivity contribution is 6.26. The molecule has 498 valence electrons. The van der Waals surface area contributed by atoms with Gasteiger partial charge in [-0.1, -0.05) is 347 Å². The Morgan fingerprint density at radius 1 is 0.274 bits per heavy atom. The van der Waals surface area contributed by atoms with Crippen molar-refractivity contribution in [1.29, 1.82) is 0 Å². The number of allylic oxidation sites excluding steroid dienone is 1. The van der Waals surface area contributed by atoms with Crippen LogP contribution in [0, 0.1) is 0 Å². The lowest BCUT2D eigenvalue weighted by Gasteiger charge is -2.29. The highest BCUT2D eigenvalue weighted by atomic mass is 15.0. The van der Waals surface area contributed by atoms with E-state index < -0.39 is 0 Å².